The first-order chi connectivity index (χ1) is 19.0. The van der Waals surface area contributed by atoms with Gasteiger partial charge >= 0.3 is 0 Å². The van der Waals surface area contributed by atoms with E-state index in [0.29, 0.717) is 11.8 Å². The summed E-state index contributed by atoms with van der Waals surface area (Å²) in [7, 11) is 0. The maximum Gasteiger partial charge on any atom is 0.242 e. The molecule has 0 atom stereocenters. The summed E-state index contributed by atoms with van der Waals surface area (Å²) in [5.74, 6) is 0.983. The predicted octanol–water partition coefficient (Wildman–Crippen LogP) is 8.91. The van der Waals surface area contributed by atoms with Crippen molar-refractivity contribution in [3.05, 3.63) is 114 Å². The Bertz CT molecular complexity index is 1790. The highest BCUT2D eigenvalue weighted by atomic mass is 14.3. The summed E-state index contributed by atoms with van der Waals surface area (Å²) in [5.41, 5.74) is 10.00. The smallest absolute Gasteiger partial charge is 0.0919 e. The average Bonchev–Trinajstić information content (AvgIpc) is 3.29. The van der Waals surface area contributed by atoms with Crippen LogP contribution >= 0.6 is 0 Å². The molecule has 1 aliphatic heterocycles. The van der Waals surface area contributed by atoms with Gasteiger partial charge < -0.3 is 0 Å². The number of benzene rings is 6. The standard InChI is InChI=1S/C34H29B.C4H8/c1-20(2)28-19-29(21(3)4)25-16-17-27-32-22(14-15-24(28)34(25)32)18-31-33(27)26-12-8-9-13-30(26)35(31)23-10-6-5-7-11-23;1-3-4-2/h5-21H,1-4H3;3-4H,1-2H3/b;4-3-. The minimum absolute atomic E-state index is 0.279. The van der Waals surface area contributed by atoms with Crippen LogP contribution in [0.25, 0.3) is 43.4 Å². The quantitative estimate of drug-likeness (QED) is 0.128. The first-order valence-corrected chi connectivity index (χ1v) is 14.5. The van der Waals surface area contributed by atoms with Crippen molar-refractivity contribution in [2.24, 2.45) is 0 Å². The normalized spacial score (nSPS) is 12.7. The summed E-state index contributed by atoms with van der Waals surface area (Å²) in [6.45, 7) is 13.6. The summed E-state index contributed by atoms with van der Waals surface area (Å²) < 4.78 is 0. The molecule has 0 nitrogen and oxygen atoms in total. The Balaban J connectivity index is 0.000000650. The zero-order valence-electron chi connectivity index (χ0n) is 24.0. The van der Waals surface area contributed by atoms with E-state index in [2.05, 4.69) is 119 Å². The van der Waals surface area contributed by atoms with E-state index in [1.807, 2.05) is 26.0 Å². The van der Waals surface area contributed by atoms with Gasteiger partial charge in [0.1, 0.15) is 0 Å². The molecule has 0 radical (unpaired) electrons. The first-order valence-electron chi connectivity index (χ1n) is 14.5. The topological polar surface area (TPSA) is 0 Å². The molecule has 0 saturated carbocycles. The van der Waals surface area contributed by atoms with Crippen molar-refractivity contribution in [1.82, 2.24) is 0 Å². The van der Waals surface area contributed by atoms with Crippen molar-refractivity contribution in [2.45, 2.75) is 53.4 Å². The van der Waals surface area contributed by atoms with E-state index < -0.39 is 0 Å². The fraction of sp³-hybridized carbons (Fsp3) is 0.211. The molecule has 0 fully saturated rings. The molecule has 7 rings (SSSR count). The molecule has 1 heteroatoms. The lowest BCUT2D eigenvalue weighted by Gasteiger charge is -2.22. The fourth-order valence-electron chi connectivity index (χ4n) is 6.68. The van der Waals surface area contributed by atoms with Gasteiger partial charge in [-0.1, -0.05) is 147 Å². The van der Waals surface area contributed by atoms with Crippen molar-refractivity contribution in [3.63, 3.8) is 0 Å². The second kappa shape index (κ2) is 10.0. The van der Waals surface area contributed by atoms with Crippen LogP contribution < -0.4 is 16.4 Å². The van der Waals surface area contributed by atoms with Crippen molar-refractivity contribution < 1.29 is 0 Å². The van der Waals surface area contributed by atoms with Crippen LogP contribution in [0.15, 0.2) is 103 Å². The third-order valence-corrected chi connectivity index (χ3v) is 8.56. The van der Waals surface area contributed by atoms with Gasteiger partial charge in [0, 0.05) is 0 Å². The van der Waals surface area contributed by atoms with Crippen LogP contribution in [0.5, 0.6) is 0 Å². The summed E-state index contributed by atoms with van der Waals surface area (Å²) in [6, 6.07) is 34.6. The molecule has 0 saturated heterocycles. The van der Waals surface area contributed by atoms with Gasteiger partial charge in [0.05, 0.1) is 0 Å². The van der Waals surface area contributed by atoms with Crippen LogP contribution in [-0.4, -0.2) is 6.71 Å². The maximum absolute atomic E-state index is 2.49. The van der Waals surface area contributed by atoms with E-state index in [0.717, 1.165) is 0 Å². The number of fused-ring (bicyclic) bond motifs is 4. The van der Waals surface area contributed by atoms with Crippen LogP contribution in [0.3, 0.4) is 0 Å². The van der Waals surface area contributed by atoms with Crippen molar-refractivity contribution >= 4 is 55.4 Å². The molecule has 0 aliphatic carbocycles. The first kappa shape index (κ1) is 25.4. The summed E-state index contributed by atoms with van der Waals surface area (Å²) in [5, 5.41) is 8.50. The molecule has 39 heavy (non-hydrogen) atoms. The minimum atomic E-state index is 0.279. The molecule has 6 aromatic carbocycles. The third-order valence-electron chi connectivity index (χ3n) is 8.56. The summed E-state index contributed by atoms with van der Waals surface area (Å²) >= 11 is 0. The Kier molecular flexibility index (Phi) is 6.55. The van der Waals surface area contributed by atoms with Gasteiger partial charge in [0.25, 0.3) is 0 Å². The SMILES string of the molecule is C/C=C\C.CC(C)c1cc(C(C)C)c2ccc3c4c(cc5ccc1c2c53)B(c1ccccc1)c1ccccc1-4. The molecule has 0 bridgehead atoms. The Hall–Kier alpha value is -3.84. The monoisotopic (exact) mass is 504 g/mol. The Labute approximate surface area is 233 Å². The summed E-state index contributed by atoms with van der Waals surface area (Å²) in [6.07, 6.45) is 4.00. The number of rotatable bonds is 3. The van der Waals surface area contributed by atoms with E-state index in [4.69, 9.17) is 0 Å². The molecule has 0 aromatic heterocycles. The van der Waals surface area contributed by atoms with Crippen LogP contribution in [0.4, 0.5) is 0 Å². The van der Waals surface area contributed by atoms with Gasteiger partial charge in [-0.15, -0.1) is 0 Å². The van der Waals surface area contributed by atoms with E-state index >= 15 is 0 Å². The minimum Gasteiger partial charge on any atom is -0.0919 e. The molecule has 1 heterocycles. The van der Waals surface area contributed by atoms with Crippen molar-refractivity contribution in [3.8, 4) is 11.1 Å². The van der Waals surface area contributed by atoms with Gasteiger partial charge in [-0.05, 0) is 80.3 Å². The second-order valence-corrected chi connectivity index (χ2v) is 11.5. The number of hydrogen-bond acceptors (Lipinski definition) is 0. The molecule has 0 amide bonds. The van der Waals surface area contributed by atoms with Gasteiger partial charge in [0.15, 0.2) is 0 Å². The van der Waals surface area contributed by atoms with Crippen LogP contribution in [0, 0.1) is 0 Å². The van der Waals surface area contributed by atoms with Crippen LogP contribution in [0.1, 0.15) is 64.5 Å². The Morgan fingerprint density at radius 2 is 1.15 bits per heavy atom. The van der Waals surface area contributed by atoms with Crippen LogP contribution in [-0.2, 0) is 0 Å². The second-order valence-electron chi connectivity index (χ2n) is 11.5. The molecule has 0 unspecified atom stereocenters. The summed E-state index contributed by atoms with van der Waals surface area (Å²) in [4.78, 5) is 0. The lowest BCUT2D eigenvalue weighted by Crippen LogP contribution is -2.48. The van der Waals surface area contributed by atoms with E-state index in [-0.39, 0.29) is 6.71 Å². The van der Waals surface area contributed by atoms with Crippen molar-refractivity contribution in [2.75, 3.05) is 0 Å². The highest BCUT2D eigenvalue weighted by Crippen LogP contribution is 2.44. The van der Waals surface area contributed by atoms with Crippen LogP contribution in [0.2, 0.25) is 0 Å². The third kappa shape index (κ3) is 3.99. The zero-order valence-corrected chi connectivity index (χ0v) is 24.0. The van der Waals surface area contributed by atoms with E-state index in [9.17, 15) is 0 Å². The van der Waals surface area contributed by atoms with Crippen molar-refractivity contribution in [1.29, 1.82) is 0 Å². The molecule has 0 N–H and O–H groups in total. The highest BCUT2D eigenvalue weighted by molar-refractivity contribution is 6.99. The zero-order chi connectivity index (χ0) is 27.3. The molecule has 0 spiro atoms. The Morgan fingerprint density at radius 3 is 1.79 bits per heavy atom. The number of hydrogen-bond donors (Lipinski definition) is 0. The average molecular weight is 505 g/mol. The van der Waals surface area contributed by atoms with Gasteiger partial charge in [0.2, 0.25) is 6.71 Å². The van der Waals surface area contributed by atoms with Gasteiger partial charge in [-0.25, -0.2) is 0 Å². The van der Waals surface area contributed by atoms with E-state index in [1.165, 1.54) is 71.0 Å². The molecular weight excluding hydrogens is 467 g/mol. The Morgan fingerprint density at radius 1 is 0.564 bits per heavy atom. The molecule has 6 aromatic rings. The lowest BCUT2D eigenvalue weighted by molar-refractivity contribution is 0.847. The van der Waals surface area contributed by atoms with E-state index in [1.54, 1.807) is 0 Å². The fourth-order valence-corrected chi connectivity index (χ4v) is 6.68. The molecular formula is C38H37B. The maximum atomic E-state index is 2.49. The highest BCUT2D eigenvalue weighted by Gasteiger charge is 2.35. The van der Waals surface area contributed by atoms with Gasteiger partial charge in [-0.3, -0.25) is 0 Å². The van der Waals surface area contributed by atoms with Gasteiger partial charge in [-0.2, -0.15) is 0 Å². The lowest BCUT2D eigenvalue weighted by atomic mass is 9.39. The molecule has 1 aliphatic rings. The number of allylic oxidation sites excluding steroid dienone is 2. The largest absolute Gasteiger partial charge is 0.242 e. The predicted molar refractivity (Wildman–Crippen MR) is 175 cm³/mol. The molecule has 192 valence electrons.